The molecular formula is C29H34O4. The maximum Gasteiger partial charge on any atom is 0.231 e. The average Bonchev–Trinajstić information content (AvgIpc) is 3.63. The van der Waals surface area contributed by atoms with Crippen LogP contribution in [0, 0.1) is 0 Å². The van der Waals surface area contributed by atoms with Gasteiger partial charge in [-0.3, -0.25) is 0 Å². The molecule has 0 unspecified atom stereocenters. The van der Waals surface area contributed by atoms with E-state index in [-0.39, 0.29) is 0 Å². The Balaban J connectivity index is 0.000000118. The Morgan fingerprint density at radius 3 is 1.79 bits per heavy atom. The van der Waals surface area contributed by atoms with Crippen molar-refractivity contribution in [3.63, 3.8) is 0 Å². The summed E-state index contributed by atoms with van der Waals surface area (Å²) in [4.78, 5) is 0. The highest BCUT2D eigenvalue weighted by Gasteiger charge is 2.13. The molecule has 3 aliphatic heterocycles. The molecule has 0 saturated heterocycles. The van der Waals surface area contributed by atoms with E-state index in [1.165, 1.54) is 27.8 Å². The van der Waals surface area contributed by atoms with E-state index in [1.807, 2.05) is 12.1 Å². The zero-order valence-electron chi connectivity index (χ0n) is 20.0. The first kappa shape index (κ1) is 23.0. The molecule has 0 saturated carbocycles. The average molecular weight is 447 g/mol. The van der Waals surface area contributed by atoms with Gasteiger partial charge >= 0.3 is 0 Å². The first-order chi connectivity index (χ1) is 16.2. The lowest BCUT2D eigenvalue weighted by molar-refractivity contribution is 0.174. The SMILES string of the molecule is CCc1ccc2c(c1)CCO2.CCc1ccc2c(c1)OCC2.CCc1ccc2c(c1)OCO2. The van der Waals surface area contributed by atoms with Gasteiger partial charge in [-0.05, 0) is 71.3 Å². The van der Waals surface area contributed by atoms with Gasteiger partial charge in [0.15, 0.2) is 11.5 Å². The molecule has 4 heteroatoms. The van der Waals surface area contributed by atoms with Gasteiger partial charge < -0.3 is 18.9 Å². The van der Waals surface area contributed by atoms with Crippen LogP contribution in [-0.4, -0.2) is 20.0 Å². The molecule has 0 fully saturated rings. The van der Waals surface area contributed by atoms with Crippen molar-refractivity contribution in [3.05, 3.63) is 82.4 Å². The molecular weight excluding hydrogens is 412 g/mol. The van der Waals surface area contributed by atoms with Crippen molar-refractivity contribution >= 4 is 0 Å². The maximum absolute atomic E-state index is 5.44. The molecule has 33 heavy (non-hydrogen) atoms. The van der Waals surface area contributed by atoms with E-state index in [2.05, 4.69) is 63.2 Å². The predicted molar refractivity (Wildman–Crippen MR) is 132 cm³/mol. The van der Waals surface area contributed by atoms with Crippen LogP contribution in [0.25, 0.3) is 0 Å². The summed E-state index contributed by atoms with van der Waals surface area (Å²) < 4.78 is 21.2. The number of benzene rings is 3. The Morgan fingerprint density at radius 2 is 1.06 bits per heavy atom. The minimum atomic E-state index is 0.364. The lowest BCUT2D eigenvalue weighted by atomic mass is 10.1. The maximum atomic E-state index is 5.44. The standard InChI is InChI=1S/2C10H12O.C9H10O2/c1-2-8-3-4-10-9(7-8)5-6-11-10;1-2-8-3-4-9-5-6-11-10(9)7-8;1-2-7-3-4-8-9(5-7)11-6-10-8/h2*3-4,7H,2,5-6H2,1H3;3-5H,2,6H2,1H3. The van der Waals surface area contributed by atoms with Crippen LogP contribution >= 0.6 is 0 Å². The second kappa shape index (κ2) is 11.1. The van der Waals surface area contributed by atoms with Crippen molar-refractivity contribution in [1.82, 2.24) is 0 Å². The third-order valence-corrected chi connectivity index (χ3v) is 6.18. The van der Waals surface area contributed by atoms with Crippen molar-refractivity contribution < 1.29 is 18.9 Å². The van der Waals surface area contributed by atoms with E-state index in [4.69, 9.17) is 18.9 Å². The van der Waals surface area contributed by atoms with Crippen molar-refractivity contribution in [3.8, 4) is 23.0 Å². The van der Waals surface area contributed by atoms with E-state index >= 15 is 0 Å². The third kappa shape index (κ3) is 5.81. The summed E-state index contributed by atoms with van der Waals surface area (Å²) in [7, 11) is 0. The van der Waals surface area contributed by atoms with Crippen LogP contribution in [0.4, 0.5) is 0 Å². The fourth-order valence-electron chi connectivity index (χ4n) is 4.05. The Morgan fingerprint density at radius 1 is 0.515 bits per heavy atom. The van der Waals surface area contributed by atoms with Crippen LogP contribution in [0.3, 0.4) is 0 Å². The summed E-state index contributed by atoms with van der Waals surface area (Å²) >= 11 is 0. The highest BCUT2D eigenvalue weighted by Crippen LogP contribution is 2.32. The van der Waals surface area contributed by atoms with Gasteiger partial charge in [0.2, 0.25) is 6.79 Å². The normalized spacial score (nSPS) is 14.0. The van der Waals surface area contributed by atoms with Crippen molar-refractivity contribution in [2.45, 2.75) is 52.9 Å². The van der Waals surface area contributed by atoms with Gasteiger partial charge in [0.25, 0.3) is 0 Å². The van der Waals surface area contributed by atoms with Crippen LogP contribution in [0.1, 0.15) is 48.6 Å². The smallest absolute Gasteiger partial charge is 0.231 e. The van der Waals surface area contributed by atoms with Gasteiger partial charge in [-0.2, -0.15) is 0 Å². The van der Waals surface area contributed by atoms with Gasteiger partial charge in [0.1, 0.15) is 11.5 Å². The minimum absolute atomic E-state index is 0.364. The number of aryl methyl sites for hydroxylation is 3. The van der Waals surface area contributed by atoms with Crippen LogP contribution < -0.4 is 18.9 Å². The van der Waals surface area contributed by atoms with Crippen LogP contribution in [0.15, 0.2) is 54.6 Å². The van der Waals surface area contributed by atoms with Gasteiger partial charge in [0, 0.05) is 12.8 Å². The second-order valence-corrected chi connectivity index (χ2v) is 8.33. The van der Waals surface area contributed by atoms with E-state index < -0.39 is 0 Å². The monoisotopic (exact) mass is 446 g/mol. The molecule has 0 N–H and O–H groups in total. The molecule has 3 aromatic rings. The molecule has 0 bridgehead atoms. The zero-order chi connectivity index (χ0) is 23.0. The predicted octanol–water partition coefficient (Wildman–Crippen LogP) is 6.35. The molecule has 174 valence electrons. The Kier molecular flexibility index (Phi) is 7.77. The van der Waals surface area contributed by atoms with Crippen LogP contribution in [0.2, 0.25) is 0 Å². The highest BCUT2D eigenvalue weighted by atomic mass is 16.7. The molecule has 3 aromatic carbocycles. The first-order valence-electron chi connectivity index (χ1n) is 12.1. The van der Waals surface area contributed by atoms with E-state index in [0.29, 0.717) is 6.79 Å². The number of hydrogen-bond acceptors (Lipinski definition) is 4. The van der Waals surface area contributed by atoms with Crippen molar-refractivity contribution in [2.24, 2.45) is 0 Å². The van der Waals surface area contributed by atoms with Gasteiger partial charge in [-0.25, -0.2) is 0 Å². The summed E-state index contributed by atoms with van der Waals surface area (Å²) in [6.45, 7) is 8.55. The van der Waals surface area contributed by atoms with Gasteiger partial charge in [0.05, 0.1) is 13.2 Å². The molecule has 3 heterocycles. The second-order valence-electron chi connectivity index (χ2n) is 8.33. The van der Waals surface area contributed by atoms with Crippen molar-refractivity contribution in [2.75, 3.05) is 20.0 Å². The summed E-state index contributed by atoms with van der Waals surface area (Å²) in [5.74, 6) is 3.93. The molecule has 0 atom stereocenters. The Labute approximate surface area is 197 Å². The largest absolute Gasteiger partial charge is 0.493 e. The summed E-state index contributed by atoms with van der Waals surface area (Å²) in [5.41, 5.74) is 6.81. The molecule has 6 rings (SSSR count). The summed E-state index contributed by atoms with van der Waals surface area (Å²) in [6.07, 6.45) is 5.42. The number of hydrogen-bond donors (Lipinski definition) is 0. The van der Waals surface area contributed by atoms with Crippen molar-refractivity contribution in [1.29, 1.82) is 0 Å². The topological polar surface area (TPSA) is 36.9 Å². The fourth-order valence-corrected chi connectivity index (χ4v) is 4.05. The van der Waals surface area contributed by atoms with E-state index in [1.54, 1.807) is 0 Å². The van der Waals surface area contributed by atoms with Gasteiger partial charge in [-0.15, -0.1) is 0 Å². The third-order valence-electron chi connectivity index (χ3n) is 6.18. The summed E-state index contributed by atoms with van der Waals surface area (Å²) in [6, 6.07) is 19.1. The molecule has 4 nitrogen and oxygen atoms in total. The molecule has 0 aliphatic carbocycles. The quantitative estimate of drug-likeness (QED) is 0.470. The van der Waals surface area contributed by atoms with E-state index in [9.17, 15) is 0 Å². The molecule has 0 spiro atoms. The summed E-state index contributed by atoms with van der Waals surface area (Å²) in [5, 5.41) is 0. The first-order valence-corrected chi connectivity index (χ1v) is 12.1. The lowest BCUT2D eigenvalue weighted by Gasteiger charge is -2.00. The number of fused-ring (bicyclic) bond motifs is 3. The molecule has 3 aliphatic rings. The zero-order valence-corrected chi connectivity index (χ0v) is 20.0. The van der Waals surface area contributed by atoms with Crippen LogP contribution in [-0.2, 0) is 32.1 Å². The molecule has 0 aromatic heterocycles. The van der Waals surface area contributed by atoms with E-state index in [0.717, 1.165) is 68.3 Å². The molecule has 0 amide bonds. The van der Waals surface area contributed by atoms with Gasteiger partial charge in [-0.1, -0.05) is 51.1 Å². The highest BCUT2D eigenvalue weighted by molar-refractivity contribution is 5.44. The molecule has 0 radical (unpaired) electrons. The lowest BCUT2D eigenvalue weighted by Crippen LogP contribution is -1.92. The number of rotatable bonds is 3. The number of ether oxygens (including phenoxy) is 4. The van der Waals surface area contributed by atoms with Crippen LogP contribution in [0.5, 0.6) is 23.0 Å². The Hall–Kier alpha value is -3.14. The minimum Gasteiger partial charge on any atom is -0.493 e. The fraction of sp³-hybridized carbons (Fsp3) is 0.379. The Bertz CT molecular complexity index is 937.